The third-order valence-corrected chi connectivity index (χ3v) is 2.90. The molecule has 0 spiro atoms. The molecule has 1 aromatic heterocycles. The number of fused-ring (bicyclic) bond motifs is 1. The van der Waals surface area contributed by atoms with Gasteiger partial charge in [-0.25, -0.2) is 4.39 Å². The van der Waals surface area contributed by atoms with Crippen LogP contribution in [0.4, 0.5) is 4.39 Å². The van der Waals surface area contributed by atoms with Crippen LogP contribution in [-0.4, -0.2) is 17.8 Å². The Balaban J connectivity index is 2.13. The summed E-state index contributed by atoms with van der Waals surface area (Å²) in [7, 11) is 0. The minimum atomic E-state index is -0.537. The Labute approximate surface area is 105 Å². The Morgan fingerprint density at radius 3 is 2.72 bits per heavy atom. The fourth-order valence-corrected chi connectivity index (χ4v) is 2.09. The second-order valence-electron chi connectivity index (χ2n) is 4.10. The minimum Gasteiger partial charge on any atom is -0.483 e. The van der Waals surface area contributed by atoms with Crippen LogP contribution in [-0.2, 0) is 0 Å². The molecular formula is C15H12FNO. The molecule has 0 aliphatic carbocycles. The molecule has 0 saturated heterocycles. The SMILES string of the molecule is FCC1C=C(c2ccccn2)c2ccccc2O1. The summed E-state index contributed by atoms with van der Waals surface area (Å²) in [5.74, 6) is 0.711. The van der Waals surface area contributed by atoms with E-state index in [-0.39, 0.29) is 0 Å². The highest BCUT2D eigenvalue weighted by atomic mass is 19.1. The predicted octanol–water partition coefficient (Wildman–Crippen LogP) is 3.24. The maximum atomic E-state index is 12.9. The van der Waals surface area contributed by atoms with Gasteiger partial charge >= 0.3 is 0 Å². The van der Waals surface area contributed by atoms with Gasteiger partial charge in [-0.2, -0.15) is 0 Å². The molecule has 90 valence electrons. The van der Waals surface area contributed by atoms with Gasteiger partial charge in [-0.15, -0.1) is 0 Å². The Morgan fingerprint density at radius 2 is 1.94 bits per heavy atom. The molecule has 1 aliphatic heterocycles. The van der Waals surface area contributed by atoms with Crippen molar-refractivity contribution in [2.45, 2.75) is 6.10 Å². The van der Waals surface area contributed by atoms with Crippen molar-refractivity contribution in [3.63, 3.8) is 0 Å². The van der Waals surface area contributed by atoms with Gasteiger partial charge in [0.2, 0.25) is 0 Å². The van der Waals surface area contributed by atoms with E-state index in [1.807, 2.05) is 42.5 Å². The molecule has 1 unspecified atom stereocenters. The van der Waals surface area contributed by atoms with Crippen molar-refractivity contribution < 1.29 is 9.13 Å². The number of pyridine rings is 1. The summed E-state index contributed by atoms with van der Waals surface area (Å²) in [6, 6.07) is 13.3. The third-order valence-electron chi connectivity index (χ3n) is 2.90. The Bertz CT molecular complexity index is 580. The van der Waals surface area contributed by atoms with Crippen molar-refractivity contribution in [3.05, 3.63) is 66.0 Å². The van der Waals surface area contributed by atoms with Crippen molar-refractivity contribution >= 4 is 5.57 Å². The highest BCUT2D eigenvalue weighted by Gasteiger charge is 2.21. The van der Waals surface area contributed by atoms with E-state index in [9.17, 15) is 4.39 Å². The largest absolute Gasteiger partial charge is 0.483 e. The molecule has 0 radical (unpaired) electrons. The van der Waals surface area contributed by atoms with Crippen LogP contribution < -0.4 is 4.74 Å². The second kappa shape index (κ2) is 4.61. The van der Waals surface area contributed by atoms with Gasteiger partial charge in [-0.05, 0) is 24.3 Å². The summed E-state index contributed by atoms with van der Waals surface area (Å²) >= 11 is 0. The molecule has 2 heterocycles. The van der Waals surface area contributed by atoms with Gasteiger partial charge in [0.15, 0.2) is 0 Å². The predicted molar refractivity (Wildman–Crippen MR) is 68.1 cm³/mol. The fraction of sp³-hybridized carbons (Fsp3) is 0.133. The van der Waals surface area contributed by atoms with Crippen LogP contribution in [0.15, 0.2) is 54.7 Å². The van der Waals surface area contributed by atoms with Gasteiger partial charge < -0.3 is 4.74 Å². The van der Waals surface area contributed by atoms with Crippen LogP contribution in [0.5, 0.6) is 5.75 Å². The van der Waals surface area contributed by atoms with E-state index >= 15 is 0 Å². The molecule has 0 N–H and O–H groups in total. The first-order chi connectivity index (χ1) is 8.88. The lowest BCUT2D eigenvalue weighted by Gasteiger charge is -2.23. The summed E-state index contributed by atoms with van der Waals surface area (Å²) in [6.45, 7) is -0.537. The normalized spacial score (nSPS) is 17.6. The van der Waals surface area contributed by atoms with E-state index in [1.54, 1.807) is 12.3 Å². The number of para-hydroxylation sites is 1. The molecule has 2 aromatic rings. The first-order valence-electron chi connectivity index (χ1n) is 5.84. The lowest BCUT2D eigenvalue weighted by atomic mass is 9.97. The maximum Gasteiger partial charge on any atom is 0.146 e. The molecule has 2 nitrogen and oxygen atoms in total. The van der Waals surface area contributed by atoms with Gasteiger partial charge in [0.05, 0.1) is 5.69 Å². The van der Waals surface area contributed by atoms with Gasteiger partial charge in [0.25, 0.3) is 0 Å². The van der Waals surface area contributed by atoms with Crippen molar-refractivity contribution in [1.82, 2.24) is 4.98 Å². The molecule has 3 rings (SSSR count). The molecule has 18 heavy (non-hydrogen) atoms. The van der Waals surface area contributed by atoms with Gasteiger partial charge in [-0.3, -0.25) is 4.98 Å². The van der Waals surface area contributed by atoms with Crippen LogP contribution in [0.25, 0.3) is 5.57 Å². The zero-order chi connectivity index (χ0) is 12.4. The fourth-order valence-electron chi connectivity index (χ4n) is 2.09. The number of benzene rings is 1. The molecular weight excluding hydrogens is 229 g/mol. The van der Waals surface area contributed by atoms with Crippen LogP contribution in [0.3, 0.4) is 0 Å². The average Bonchev–Trinajstić information content (AvgIpc) is 2.47. The van der Waals surface area contributed by atoms with E-state index in [4.69, 9.17) is 4.74 Å². The number of hydrogen-bond donors (Lipinski definition) is 0. The molecule has 0 fully saturated rings. The van der Waals surface area contributed by atoms with E-state index < -0.39 is 12.8 Å². The number of rotatable bonds is 2. The standard InChI is InChI=1S/C15H12FNO/c16-10-11-9-13(14-6-3-4-8-17-14)12-5-1-2-7-15(12)18-11/h1-9,11H,10H2. The van der Waals surface area contributed by atoms with E-state index in [0.717, 1.165) is 16.8 Å². The summed E-state index contributed by atoms with van der Waals surface area (Å²) in [5, 5.41) is 0. The zero-order valence-corrected chi connectivity index (χ0v) is 9.71. The van der Waals surface area contributed by atoms with Crippen molar-refractivity contribution in [1.29, 1.82) is 0 Å². The summed E-state index contributed by atoms with van der Waals surface area (Å²) in [6.07, 6.45) is 3.00. The van der Waals surface area contributed by atoms with E-state index in [1.165, 1.54) is 0 Å². The number of nitrogens with zero attached hydrogens (tertiary/aromatic N) is 1. The van der Waals surface area contributed by atoms with Crippen LogP contribution in [0.1, 0.15) is 11.3 Å². The molecule has 0 bridgehead atoms. The van der Waals surface area contributed by atoms with E-state index in [0.29, 0.717) is 5.75 Å². The number of alkyl halides is 1. The monoisotopic (exact) mass is 241 g/mol. The quantitative estimate of drug-likeness (QED) is 0.805. The average molecular weight is 241 g/mol. The first kappa shape index (κ1) is 11.0. The highest BCUT2D eigenvalue weighted by molar-refractivity contribution is 5.82. The van der Waals surface area contributed by atoms with Crippen molar-refractivity contribution in [3.8, 4) is 5.75 Å². The number of halogens is 1. The lowest BCUT2D eigenvalue weighted by Crippen LogP contribution is -2.21. The smallest absolute Gasteiger partial charge is 0.146 e. The van der Waals surface area contributed by atoms with Crippen molar-refractivity contribution in [2.75, 3.05) is 6.67 Å². The van der Waals surface area contributed by atoms with Crippen LogP contribution in [0, 0.1) is 0 Å². The number of hydrogen-bond acceptors (Lipinski definition) is 2. The van der Waals surface area contributed by atoms with Gasteiger partial charge in [0, 0.05) is 17.3 Å². The van der Waals surface area contributed by atoms with Gasteiger partial charge in [0.1, 0.15) is 18.5 Å². The maximum absolute atomic E-state index is 12.9. The zero-order valence-electron chi connectivity index (χ0n) is 9.71. The molecule has 1 aromatic carbocycles. The summed E-state index contributed by atoms with van der Waals surface area (Å²) in [5.41, 5.74) is 2.73. The number of aromatic nitrogens is 1. The van der Waals surface area contributed by atoms with Crippen LogP contribution >= 0.6 is 0 Å². The second-order valence-corrected chi connectivity index (χ2v) is 4.10. The Hall–Kier alpha value is -2.16. The van der Waals surface area contributed by atoms with Crippen molar-refractivity contribution in [2.24, 2.45) is 0 Å². The minimum absolute atomic E-state index is 0.531. The first-order valence-corrected chi connectivity index (χ1v) is 5.84. The molecule has 3 heteroatoms. The molecule has 0 amide bonds. The Kier molecular flexibility index (Phi) is 2.81. The Morgan fingerprint density at radius 1 is 1.11 bits per heavy atom. The molecule has 1 aliphatic rings. The van der Waals surface area contributed by atoms with Gasteiger partial charge in [-0.1, -0.05) is 24.3 Å². The number of ether oxygens (including phenoxy) is 1. The summed E-state index contributed by atoms with van der Waals surface area (Å²) < 4.78 is 18.4. The van der Waals surface area contributed by atoms with E-state index in [2.05, 4.69) is 4.98 Å². The lowest BCUT2D eigenvalue weighted by molar-refractivity contribution is 0.203. The highest BCUT2D eigenvalue weighted by Crippen LogP contribution is 2.34. The third kappa shape index (κ3) is 1.88. The topological polar surface area (TPSA) is 22.1 Å². The summed E-state index contributed by atoms with van der Waals surface area (Å²) in [4.78, 5) is 4.32. The molecule has 1 atom stereocenters. The van der Waals surface area contributed by atoms with Crippen LogP contribution in [0.2, 0.25) is 0 Å². The molecule has 0 saturated carbocycles.